The number of hydrogen-bond donors (Lipinski definition) is 3. The van der Waals surface area contributed by atoms with E-state index in [4.69, 9.17) is 21.1 Å². The number of methoxy groups -OCH3 is 2. The van der Waals surface area contributed by atoms with Crippen LogP contribution >= 0.6 is 11.6 Å². The molecule has 1 aromatic carbocycles. The van der Waals surface area contributed by atoms with Crippen molar-refractivity contribution in [2.75, 3.05) is 26.1 Å². The molecule has 16 heteroatoms. The maximum absolute atomic E-state index is 14.0. The molecule has 3 N–H and O–H groups in total. The lowest BCUT2D eigenvalue weighted by Gasteiger charge is -2.23. The Bertz CT molecular complexity index is 2010. The second-order valence-corrected chi connectivity index (χ2v) is 12.4. The van der Waals surface area contributed by atoms with Gasteiger partial charge in [-0.15, -0.1) is 0 Å². The van der Waals surface area contributed by atoms with E-state index >= 15 is 0 Å². The van der Waals surface area contributed by atoms with E-state index in [1.807, 2.05) is 12.1 Å². The fourth-order valence-electron chi connectivity index (χ4n) is 6.52. The van der Waals surface area contributed by atoms with Gasteiger partial charge in [0.2, 0.25) is 17.7 Å². The third kappa shape index (κ3) is 7.24. The number of carbonyl (C=O) groups excluding carboxylic acids is 2. The maximum Gasteiger partial charge on any atom is 0.419 e. The highest BCUT2D eigenvalue weighted by Gasteiger charge is 2.37. The molecular weight excluding hydrogens is 693 g/mol. The van der Waals surface area contributed by atoms with Crippen LogP contribution in [0.25, 0.3) is 22.5 Å². The highest BCUT2D eigenvalue weighted by Crippen LogP contribution is 2.44. The molecule has 2 atom stereocenters. The molecule has 0 radical (unpaired) electrons. The number of amides is 2. The molecule has 6 rings (SSSR count). The molecule has 51 heavy (non-hydrogen) atoms. The van der Waals surface area contributed by atoms with E-state index in [0.29, 0.717) is 53.8 Å². The summed E-state index contributed by atoms with van der Waals surface area (Å²) in [6.45, 7) is 0.0940. The fourth-order valence-corrected chi connectivity index (χ4v) is 6.83. The van der Waals surface area contributed by atoms with Gasteiger partial charge in [0.1, 0.15) is 5.82 Å². The minimum absolute atomic E-state index is 0.0210. The summed E-state index contributed by atoms with van der Waals surface area (Å²) in [5.41, 5.74) is 2.82. The predicted molar refractivity (Wildman–Crippen MR) is 180 cm³/mol. The first-order valence-corrected chi connectivity index (χ1v) is 16.3. The van der Waals surface area contributed by atoms with Crippen LogP contribution in [-0.2, 0) is 23.9 Å². The maximum atomic E-state index is 14.0. The van der Waals surface area contributed by atoms with Crippen LogP contribution in [0.4, 0.5) is 23.8 Å². The summed E-state index contributed by atoms with van der Waals surface area (Å²) in [5, 5.41) is 15.8. The third-order valence-electron chi connectivity index (χ3n) is 8.93. The Morgan fingerprint density at radius 2 is 1.88 bits per heavy atom. The normalized spacial score (nSPS) is 16.7. The van der Waals surface area contributed by atoms with Crippen LogP contribution in [0.2, 0.25) is 5.02 Å². The number of aldehydes is 1. The van der Waals surface area contributed by atoms with Gasteiger partial charge < -0.3 is 30.1 Å². The topological polar surface area (TPSA) is 156 Å². The van der Waals surface area contributed by atoms with Gasteiger partial charge in [-0.1, -0.05) is 29.8 Å². The second-order valence-electron chi connectivity index (χ2n) is 12.1. The van der Waals surface area contributed by atoms with Gasteiger partial charge in [0.05, 0.1) is 54.3 Å². The van der Waals surface area contributed by atoms with Crippen LogP contribution < -0.4 is 20.1 Å². The number of nitrogens with zero attached hydrogens (tertiary/aromatic N) is 4. The Morgan fingerprint density at radius 3 is 2.55 bits per heavy atom. The lowest BCUT2D eigenvalue weighted by molar-refractivity contribution is -0.137. The number of ether oxygens (including phenoxy) is 2. The Balaban J connectivity index is 1.29. The molecule has 4 heterocycles. The largest absolute Gasteiger partial charge is 0.481 e. The summed E-state index contributed by atoms with van der Waals surface area (Å²) in [5.74, 6) is -0.592. The molecule has 1 saturated heterocycles. The van der Waals surface area contributed by atoms with Gasteiger partial charge in [-0.2, -0.15) is 18.2 Å². The first kappa shape index (κ1) is 35.4. The number of pyridine rings is 3. The van der Waals surface area contributed by atoms with E-state index in [2.05, 4.69) is 25.6 Å². The summed E-state index contributed by atoms with van der Waals surface area (Å²) in [6, 6.07) is 10.4. The number of carboxylic acid groups (broad SMARTS) is 1. The van der Waals surface area contributed by atoms with Crippen molar-refractivity contribution in [2.24, 2.45) is 0 Å². The molecular formula is C35H32ClF3N6O6. The zero-order chi connectivity index (χ0) is 36.4. The Labute approximate surface area is 295 Å². The average molecular weight is 725 g/mol. The Kier molecular flexibility index (Phi) is 10.0. The van der Waals surface area contributed by atoms with Crippen molar-refractivity contribution in [2.45, 2.75) is 50.5 Å². The predicted octanol–water partition coefficient (Wildman–Crippen LogP) is 6.57. The van der Waals surface area contributed by atoms with E-state index in [9.17, 15) is 32.7 Å². The molecule has 2 aliphatic rings. The molecule has 3 aromatic heterocycles. The number of aromatic nitrogens is 3. The molecule has 0 saturated carbocycles. The van der Waals surface area contributed by atoms with Crippen molar-refractivity contribution in [3.05, 3.63) is 81.5 Å². The molecule has 0 unspecified atom stereocenters. The number of fused-ring (bicyclic) bond motifs is 1. The zero-order valence-electron chi connectivity index (χ0n) is 27.4. The van der Waals surface area contributed by atoms with Crippen LogP contribution in [0.3, 0.4) is 0 Å². The van der Waals surface area contributed by atoms with Gasteiger partial charge in [-0.3, -0.25) is 14.6 Å². The molecule has 266 valence electrons. The van der Waals surface area contributed by atoms with Crippen molar-refractivity contribution >= 4 is 35.7 Å². The van der Waals surface area contributed by atoms with Crippen molar-refractivity contribution in [1.82, 2.24) is 25.2 Å². The average Bonchev–Trinajstić information content (AvgIpc) is 3.72. The lowest BCUT2D eigenvalue weighted by atomic mass is 9.98. The van der Waals surface area contributed by atoms with Gasteiger partial charge >= 0.3 is 12.3 Å². The Hall–Kier alpha value is -5.44. The molecule has 0 spiro atoms. The standard InChI is InChI=1S/C35H32ClF3N6O6/c1-50-32-18(15-45(34(48)49)16-20-7-11-28(47)41-20)6-9-27(43-32)24-12-13-40-30(29(24)36)23-5-3-4-22-21(23)8-10-26(22)42-31-25(35(37,38)39)14-19(17-46)33(44-31)51-2/h3-6,9,12-14,17,20,26H,7-8,10-11,15-16H2,1-2H3,(H,41,47)(H,42,44)(H,48,49)/t20-,26-/m0/s1. The zero-order valence-corrected chi connectivity index (χ0v) is 28.1. The van der Waals surface area contributed by atoms with Crippen molar-refractivity contribution in [1.29, 1.82) is 0 Å². The van der Waals surface area contributed by atoms with Crippen LogP contribution in [0, 0.1) is 0 Å². The van der Waals surface area contributed by atoms with E-state index in [-0.39, 0.29) is 53.7 Å². The SMILES string of the molecule is COc1nc(N[C@H]2CCc3c(-c4nccc(-c5ccc(CN(C[C@@H]6CCC(=O)N6)C(=O)O)c(OC)n5)c4Cl)cccc32)c(C(F)(F)F)cc1C=O. The third-order valence-corrected chi connectivity index (χ3v) is 9.32. The summed E-state index contributed by atoms with van der Waals surface area (Å²) in [7, 11) is 2.65. The van der Waals surface area contributed by atoms with Gasteiger partial charge in [0.15, 0.2) is 6.29 Å². The number of benzene rings is 1. The van der Waals surface area contributed by atoms with Crippen LogP contribution in [0.15, 0.2) is 48.7 Å². The van der Waals surface area contributed by atoms with Gasteiger partial charge in [-0.05, 0) is 54.7 Å². The summed E-state index contributed by atoms with van der Waals surface area (Å²) in [6.07, 6.45) is -2.25. The van der Waals surface area contributed by atoms with Crippen LogP contribution in [0.5, 0.6) is 11.8 Å². The summed E-state index contributed by atoms with van der Waals surface area (Å²) in [4.78, 5) is 49.4. The van der Waals surface area contributed by atoms with Crippen LogP contribution in [0.1, 0.15) is 57.9 Å². The number of alkyl halides is 3. The minimum Gasteiger partial charge on any atom is -0.481 e. The Morgan fingerprint density at radius 1 is 1.10 bits per heavy atom. The smallest absolute Gasteiger partial charge is 0.419 e. The number of rotatable bonds is 11. The first-order valence-electron chi connectivity index (χ1n) is 15.9. The fraction of sp³-hybridized carbons (Fsp3) is 0.314. The van der Waals surface area contributed by atoms with E-state index in [0.717, 1.165) is 17.2 Å². The molecule has 12 nitrogen and oxygen atoms in total. The molecule has 1 aliphatic carbocycles. The van der Waals surface area contributed by atoms with Crippen molar-refractivity contribution in [3.8, 4) is 34.3 Å². The molecule has 0 bridgehead atoms. The summed E-state index contributed by atoms with van der Waals surface area (Å²) >= 11 is 6.99. The number of hydrogen-bond acceptors (Lipinski definition) is 9. The van der Waals surface area contributed by atoms with E-state index < -0.39 is 29.7 Å². The van der Waals surface area contributed by atoms with Crippen molar-refractivity contribution in [3.63, 3.8) is 0 Å². The number of carbonyl (C=O) groups is 3. The van der Waals surface area contributed by atoms with Crippen LogP contribution in [-0.4, -0.2) is 70.1 Å². The van der Waals surface area contributed by atoms with Gasteiger partial charge in [-0.25, -0.2) is 9.78 Å². The minimum atomic E-state index is -4.78. The second kappa shape index (κ2) is 14.4. The van der Waals surface area contributed by atoms with Gasteiger partial charge in [0, 0.05) is 41.9 Å². The first-order chi connectivity index (χ1) is 24.4. The number of nitrogens with one attached hydrogen (secondary N) is 2. The molecule has 2 amide bonds. The number of halogens is 4. The molecule has 1 aliphatic heterocycles. The highest BCUT2D eigenvalue weighted by atomic mass is 35.5. The lowest BCUT2D eigenvalue weighted by Crippen LogP contribution is -2.41. The van der Waals surface area contributed by atoms with E-state index in [1.165, 1.54) is 19.1 Å². The molecule has 1 fully saturated rings. The quantitative estimate of drug-likeness (QED) is 0.145. The molecule has 4 aromatic rings. The van der Waals surface area contributed by atoms with Gasteiger partial charge in [0.25, 0.3) is 0 Å². The van der Waals surface area contributed by atoms with E-state index in [1.54, 1.807) is 30.5 Å². The number of anilines is 1. The van der Waals surface area contributed by atoms with Crippen molar-refractivity contribution < 1.29 is 42.1 Å². The highest BCUT2D eigenvalue weighted by molar-refractivity contribution is 6.35. The monoisotopic (exact) mass is 724 g/mol. The summed E-state index contributed by atoms with van der Waals surface area (Å²) < 4.78 is 52.6.